The van der Waals surface area contributed by atoms with Crippen LogP contribution in [-0.2, 0) is 4.74 Å². The Balaban J connectivity index is 1.65. The summed E-state index contributed by atoms with van der Waals surface area (Å²) >= 11 is 2.80. The van der Waals surface area contributed by atoms with Crippen molar-refractivity contribution in [1.29, 1.82) is 0 Å². The highest BCUT2D eigenvalue weighted by atomic mass is 32.1. The molecule has 0 N–H and O–H groups in total. The van der Waals surface area contributed by atoms with Crippen molar-refractivity contribution in [3.05, 3.63) is 65.4 Å². The van der Waals surface area contributed by atoms with Crippen LogP contribution in [0.4, 0.5) is 9.52 Å². The topological polar surface area (TPSA) is 55.3 Å². The minimum atomic E-state index is -0.307. The molecule has 0 spiro atoms. The number of para-hydroxylation sites is 1. The van der Waals surface area contributed by atoms with E-state index in [9.17, 15) is 9.18 Å². The van der Waals surface area contributed by atoms with Gasteiger partial charge in [-0.3, -0.25) is 9.69 Å². The zero-order chi connectivity index (χ0) is 19.5. The molecule has 142 valence electrons. The third-order valence-electron chi connectivity index (χ3n) is 4.09. The summed E-state index contributed by atoms with van der Waals surface area (Å²) in [5, 5.41) is 2.99. The second kappa shape index (κ2) is 8.14. The number of rotatable bonds is 6. The molecule has 0 radical (unpaired) electrons. The lowest BCUT2D eigenvalue weighted by Crippen LogP contribution is -2.34. The van der Waals surface area contributed by atoms with Crippen molar-refractivity contribution in [2.45, 2.75) is 0 Å². The number of ether oxygens (including phenoxy) is 1. The number of methoxy groups -OCH3 is 1. The van der Waals surface area contributed by atoms with E-state index >= 15 is 0 Å². The first-order valence-electron chi connectivity index (χ1n) is 8.53. The number of fused-ring (bicyclic) bond motifs is 1. The van der Waals surface area contributed by atoms with Gasteiger partial charge in [0.2, 0.25) is 0 Å². The van der Waals surface area contributed by atoms with Crippen molar-refractivity contribution >= 4 is 43.9 Å². The van der Waals surface area contributed by atoms with Gasteiger partial charge in [0, 0.05) is 18.1 Å². The third-order valence-corrected chi connectivity index (χ3v) is 6.04. The van der Waals surface area contributed by atoms with Crippen molar-refractivity contribution < 1.29 is 13.9 Å². The Morgan fingerprint density at radius 1 is 1.14 bits per heavy atom. The molecule has 28 heavy (non-hydrogen) atoms. The molecule has 0 unspecified atom stereocenters. The maximum Gasteiger partial charge on any atom is 0.279 e. The predicted molar refractivity (Wildman–Crippen MR) is 111 cm³/mol. The van der Waals surface area contributed by atoms with Gasteiger partial charge in [0.15, 0.2) is 5.13 Å². The zero-order valence-electron chi connectivity index (χ0n) is 15.0. The summed E-state index contributed by atoms with van der Waals surface area (Å²) in [7, 11) is 1.59. The van der Waals surface area contributed by atoms with E-state index in [0.717, 1.165) is 15.8 Å². The van der Waals surface area contributed by atoms with E-state index in [0.29, 0.717) is 29.0 Å². The van der Waals surface area contributed by atoms with Crippen molar-refractivity contribution in [2.24, 2.45) is 0 Å². The molecule has 2 heterocycles. The number of halogens is 1. The van der Waals surface area contributed by atoms with E-state index in [2.05, 4.69) is 9.97 Å². The fourth-order valence-electron chi connectivity index (χ4n) is 2.68. The maximum atomic E-state index is 13.1. The van der Waals surface area contributed by atoms with Crippen LogP contribution in [0, 0.1) is 5.82 Å². The van der Waals surface area contributed by atoms with Crippen LogP contribution in [0.15, 0.2) is 53.9 Å². The van der Waals surface area contributed by atoms with Gasteiger partial charge in [0.25, 0.3) is 5.91 Å². The van der Waals surface area contributed by atoms with Crippen molar-refractivity contribution in [3.8, 4) is 10.6 Å². The fourth-order valence-corrected chi connectivity index (χ4v) is 4.47. The predicted octanol–water partition coefficient (Wildman–Crippen LogP) is 4.85. The van der Waals surface area contributed by atoms with E-state index in [4.69, 9.17) is 4.74 Å². The Labute approximate surface area is 169 Å². The van der Waals surface area contributed by atoms with Gasteiger partial charge in [-0.15, -0.1) is 11.3 Å². The summed E-state index contributed by atoms with van der Waals surface area (Å²) in [5.74, 6) is -0.543. The van der Waals surface area contributed by atoms with Crippen LogP contribution in [-0.4, -0.2) is 36.1 Å². The second-order valence-electron chi connectivity index (χ2n) is 5.96. The normalized spacial score (nSPS) is 11.1. The van der Waals surface area contributed by atoms with Gasteiger partial charge in [-0.25, -0.2) is 14.4 Å². The number of thiazole rings is 2. The molecule has 2 aromatic carbocycles. The van der Waals surface area contributed by atoms with Crippen molar-refractivity contribution in [2.75, 3.05) is 25.2 Å². The van der Waals surface area contributed by atoms with E-state index in [1.807, 2.05) is 24.3 Å². The minimum absolute atomic E-state index is 0.235. The van der Waals surface area contributed by atoms with Crippen LogP contribution in [0.1, 0.15) is 10.5 Å². The lowest BCUT2D eigenvalue weighted by atomic mass is 10.2. The monoisotopic (exact) mass is 413 g/mol. The quantitative estimate of drug-likeness (QED) is 0.453. The molecular weight excluding hydrogens is 397 g/mol. The van der Waals surface area contributed by atoms with Gasteiger partial charge in [0.05, 0.1) is 23.4 Å². The Bertz CT molecular complexity index is 1080. The molecule has 1 amide bonds. The number of hydrogen-bond donors (Lipinski definition) is 0. The lowest BCUT2D eigenvalue weighted by molar-refractivity contribution is 0.0972. The summed E-state index contributed by atoms with van der Waals surface area (Å²) in [4.78, 5) is 23.8. The molecule has 0 saturated carbocycles. The molecule has 0 aliphatic carbocycles. The van der Waals surface area contributed by atoms with E-state index < -0.39 is 0 Å². The summed E-state index contributed by atoms with van der Waals surface area (Å²) in [6.45, 7) is 0.759. The van der Waals surface area contributed by atoms with Crippen molar-refractivity contribution in [3.63, 3.8) is 0 Å². The lowest BCUT2D eigenvalue weighted by Gasteiger charge is -2.18. The molecule has 0 fully saturated rings. The number of carbonyl (C=O) groups is 1. The molecule has 0 atom stereocenters. The number of carbonyl (C=O) groups excluding carboxylic acids is 1. The molecule has 0 aliphatic heterocycles. The van der Waals surface area contributed by atoms with Crippen LogP contribution < -0.4 is 4.90 Å². The molecule has 8 heteroatoms. The molecular formula is C20H16FN3O2S2. The Hall–Kier alpha value is -2.68. The molecule has 4 rings (SSSR count). The van der Waals surface area contributed by atoms with Gasteiger partial charge in [-0.1, -0.05) is 23.5 Å². The summed E-state index contributed by atoms with van der Waals surface area (Å²) in [6, 6.07) is 13.8. The molecule has 0 bridgehead atoms. The second-order valence-corrected chi connectivity index (χ2v) is 7.83. The summed E-state index contributed by atoms with van der Waals surface area (Å²) < 4.78 is 19.3. The van der Waals surface area contributed by atoms with Crippen LogP contribution >= 0.6 is 22.7 Å². The molecule has 0 saturated heterocycles. The first kappa shape index (κ1) is 18.7. The zero-order valence-corrected chi connectivity index (χ0v) is 16.6. The summed E-state index contributed by atoms with van der Waals surface area (Å²) in [5.41, 5.74) is 1.96. The Morgan fingerprint density at radius 3 is 2.68 bits per heavy atom. The molecule has 5 nitrogen and oxygen atoms in total. The standard InChI is InChI=1S/C20H16FN3O2S2/c1-26-11-10-24(20-23-15-4-2-3-5-17(15)28-20)19(25)16-12-27-18(22-16)13-6-8-14(21)9-7-13/h2-9,12H,10-11H2,1H3. The average Bonchev–Trinajstić information content (AvgIpc) is 3.36. The Kier molecular flexibility index (Phi) is 5.43. The van der Waals surface area contributed by atoms with Gasteiger partial charge in [-0.2, -0.15) is 0 Å². The molecule has 4 aromatic rings. The third kappa shape index (κ3) is 3.80. The van der Waals surface area contributed by atoms with Crippen LogP contribution in [0.5, 0.6) is 0 Å². The molecule has 0 aliphatic rings. The number of amides is 1. The first-order chi connectivity index (χ1) is 13.7. The fraction of sp³-hybridized carbons (Fsp3) is 0.150. The number of anilines is 1. The number of hydrogen-bond acceptors (Lipinski definition) is 6. The smallest absolute Gasteiger partial charge is 0.279 e. The highest BCUT2D eigenvalue weighted by Gasteiger charge is 2.23. The Morgan fingerprint density at radius 2 is 1.93 bits per heavy atom. The number of benzene rings is 2. The van der Waals surface area contributed by atoms with Crippen LogP contribution in [0.3, 0.4) is 0 Å². The first-order valence-corrected chi connectivity index (χ1v) is 10.2. The van der Waals surface area contributed by atoms with E-state index in [1.54, 1.807) is 29.5 Å². The van der Waals surface area contributed by atoms with E-state index in [-0.39, 0.29) is 11.7 Å². The van der Waals surface area contributed by atoms with Gasteiger partial charge in [0.1, 0.15) is 16.5 Å². The van der Waals surface area contributed by atoms with E-state index in [1.165, 1.54) is 34.8 Å². The van der Waals surface area contributed by atoms with Gasteiger partial charge >= 0.3 is 0 Å². The SMILES string of the molecule is COCCN(C(=O)c1csc(-c2ccc(F)cc2)n1)c1nc2ccccc2s1. The number of nitrogens with zero attached hydrogens (tertiary/aromatic N) is 3. The van der Waals surface area contributed by atoms with Crippen LogP contribution in [0.2, 0.25) is 0 Å². The largest absolute Gasteiger partial charge is 0.383 e. The number of aromatic nitrogens is 2. The summed E-state index contributed by atoms with van der Waals surface area (Å²) in [6.07, 6.45) is 0. The van der Waals surface area contributed by atoms with Gasteiger partial charge in [-0.05, 0) is 36.4 Å². The molecule has 2 aromatic heterocycles. The highest BCUT2D eigenvalue weighted by Crippen LogP contribution is 2.30. The maximum absolute atomic E-state index is 13.1. The van der Waals surface area contributed by atoms with Crippen molar-refractivity contribution in [1.82, 2.24) is 9.97 Å². The van der Waals surface area contributed by atoms with Gasteiger partial charge < -0.3 is 4.74 Å². The average molecular weight is 413 g/mol. The minimum Gasteiger partial charge on any atom is -0.383 e. The van der Waals surface area contributed by atoms with Crippen LogP contribution in [0.25, 0.3) is 20.8 Å². The highest BCUT2D eigenvalue weighted by molar-refractivity contribution is 7.22.